The molecule has 10 heteroatoms. The number of fused-ring (bicyclic) bond motifs is 2. The van der Waals surface area contributed by atoms with Gasteiger partial charge in [0.05, 0.1) is 6.54 Å². The number of halogens is 1. The van der Waals surface area contributed by atoms with Gasteiger partial charge in [-0.2, -0.15) is 5.10 Å². The van der Waals surface area contributed by atoms with E-state index in [0.717, 1.165) is 55.6 Å². The number of aromatic nitrogens is 6. The Morgan fingerprint density at radius 3 is 3.15 bits per heavy atom. The number of hydrogen-bond acceptors (Lipinski definition) is 5. The van der Waals surface area contributed by atoms with Gasteiger partial charge in [-0.25, -0.2) is 9.67 Å². The molecule has 1 aliphatic rings. The molecule has 2 N–H and O–H groups in total. The Morgan fingerprint density at radius 1 is 1.33 bits per heavy atom. The molecule has 27 heavy (non-hydrogen) atoms. The third-order valence-corrected chi connectivity index (χ3v) is 4.48. The molecule has 1 aliphatic heterocycles. The minimum Gasteiger partial charge on any atom is -0.357 e. The van der Waals surface area contributed by atoms with Gasteiger partial charge in [0, 0.05) is 38.2 Å². The zero-order chi connectivity index (χ0) is 17.8. The van der Waals surface area contributed by atoms with Gasteiger partial charge >= 0.3 is 0 Å². The van der Waals surface area contributed by atoms with Crippen molar-refractivity contribution in [1.29, 1.82) is 0 Å². The molecule has 0 amide bonds. The molecule has 9 nitrogen and oxygen atoms in total. The summed E-state index contributed by atoms with van der Waals surface area (Å²) in [7, 11) is 0. The first-order valence-electron chi connectivity index (χ1n) is 9.03. The lowest BCUT2D eigenvalue weighted by atomic mass is 10.1. The predicted octanol–water partition coefficient (Wildman–Crippen LogP) is 1.05. The van der Waals surface area contributed by atoms with E-state index in [9.17, 15) is 0 Å². The number of nitrogens with zero attached hydrogens (tertiary/aromatic N) is 7. The number of nitrogens with one attached hydrogen (secondary N) is 2. The largest absolute Gasteiger partial charge is 0.357 e. The summed E-state index contributed by atoms with van der Waals surface area (Å²) in [5, 5.41) is 19.5. The first-order chi connectivity index (χ1) is 12.8. The van der Waals surface area contributed by atoms with E-state index in [1.807, 2.05) is 33.5 Å². The molecule has 1 atom stereocenters. The van der Waals surface area contributed by atoms with Gasteiger partial charge in [-0.05, 0) is 25.5 Å². The maximum Gasteiger partial charge on any atom is 0.191 e. The van der Waals surface area contributed by atoms with Gasteiger partial charge in [0.15, 0.2) is 11.6 Å². The average Bonchev–Trinajstić information content (AvgIpc) is 3.28. The van der Waals surface area contributed by atoms with Crippen LogP contribution in [-0.2, 0) is 19.4 Å². The van der Waals surface area contributed by atoms with Crippen molar-refractivity contribution in [2.24, 2.45) is 4.99 Å². The molecule has 0 spiro atoms. The highest BCUT2D eigenvalue weighted by Crippen LogP contribution is 2.11. The molecule has 0 fully saturated rings. The number of hydrogen-bond donors (Lipinski definition) is 2. The molecule has 1 unspecified atom stereocenters. The SMILES string of the molecule is CCNC(=NCCc1nnc2ccccn12)NC1CCc2ncnn2C1.I. The minimum absolute atomic E-state index is 0. The summed E-state index contributed by atoms with van der Waals surface area (Å²) in [6.07, 6.45) is 6.30. The first kappa shape index (κ1) is 19.5. The van der Waals surface area contributed by atoms with Crippen molar-refractivity contribution in [2.75, 3.05) is 13.1 Å². The molecule has 0 bridgehead atoms. The van der Waals surface area contributed by atoms with E-state index in [0.29, 0.717) is 12.6 Å². The van der Waals surface area contributed by atoms with E-state index >= 15 is 0 Å². The van der Waals surface area contributed by atoms with Crippen molar-refractivity contribution in [3.63, 3.8) is 0 Å². The van der Waals surface area contributed by atoms with Crippen LogP contribution in [-0.4, -0.2) is 54.5 Å². The molecular weight excluding hydrogens is 457 g/mol. The third kappa shape index (κ3) is 4.54. The molecule has 4 heterocycles. The van der Waals surface area contributed by atoms with E-state index in [-0.39, 0.29) is 24.0 Å². The van der Waals surface area contributed by atoms with Gasteiger partial charge < -0.3 is 10.6 Å². The summed E-state index contributed by atoms with van der Waals surface area (Å²) in [6.45, 7) is 4.35. The molecule has 144 valence electrons. The van der Waals surface area contributed by atoms with Crippen molar-refractivity contribution in [3.8, 4) is 0 Å². The fourth-order valence-electron chi connectivity index (χ4n) is 3.20. The number of aliphatic imine (C=N–C) groups is 1. The normalized spacial score (nSPS) is 16.6. The van der Waals surface area contributed by atoms with Crippen LogP contribution in [0.1, 0.15) is 25.0 Å². The highest BCUT2D eigenvalue weighted by Gasteiger charge is 2.20. The van der Waals surface area contributed by atoms with Crippen molar-refractivity contribution in [2.45, 2.75) is 38.8 Å². The molecule has 4 rings (SSSR count). The van der Waals surface area contributed by atoms with Crippen LogP contribution in [0.25, 0.3) is 5.65 Å². The van der Waals surface area contributed by atoms with Gasteiger partial charge in [0.1, 0.15) is 18.0 Å². The fraction of sp³-hybridized carbons (Fsp3) is 0.471. The average molecular weight is 481 g/mol. The lowest BCUT2D eigenvalue weighted by Crippen LogP contribution is -2.47. The van der Waals surface area contributed by atoms with Crippen molar-refractivity contribution in [1.82, 2.24) is 40.0 Å². The van der Waals surface area contributed by atoms with E-state index in [4.69, 9.17) is 4.99 Å². The van der Waals surface area contributed by atoms with E-state index < -0.39 is 0 Å². The maximum absolute atomic E-state index is 4.70. The molecule has 0 saturated heterocycles. The van der Waals surface area contributed by atoms with Crippen LogP contribution in [0, 0.1) is 0 Å². The summed E-state index contributed by atoms with van der Waals surface area (Å²) in [5.41, 5.74) is 0.863. The van der Waals surface area contributed by atoms with Crippen LogP contribution in [0.5, 0.6) is 0 Å². The van der Waals surface area contributed by atoms with Crippen molar-refractivity contribution in [3.05, 3.63) is 42.4 Å². The zero-order valence-corrected chi connectivity index (χ0v) is 17.6. The van der Waals surface area contributed by atoms with Crippen LogP contribution in [0.15, 0.2) is 35.7 Å². The van der Waals surface area contributed by atoms with E-state index in [2.05, 4.69) is 37.8 Å². The fourth-order valence-corrected chi connectivity index (χ4v) is 3.20. The Bertz CT molecular complexity index is 901. The van der Waals surface area contributed by atoms with Gasteiger partial charge in [-0.15, -0.1) is 34.2 Å². The lowest BCUT2D eigenvalue weighted by molar-refractivity contribution is 0.393. The number of rotatable bonds is 5. The minimum atomic E-state index is 0. The topological polar surface area (TPSA) is 97.3 Å². The van der Waals surface area contributed by atoms with Crippen molar-refractivity contribution < 1.29 is 0 Å². The number of guanidine groups is 1. The number of pyridine rings is 1. The monoisotopic (exact) mass is 481 g/mol. The van der Waals surface area contributed by atoms with Gasteiger partial charge in [0.25, 0.3) is 0 Å². The second-order valence-electron chi connectivity index (χ2n) is 6.29. The molecule has 3 aromatic heterocycles. The number of aryl methyl sites for hydroxylation is 1. The lowest BCUT2D eigenvalue weighted by Gasteiger charge is -2.25. The van der Waals surface area contributed by atoms with Crippen molar-refractivity contribution >= 4 is 35.6 Å². The predicted molar refractivity (Wildman–Crippen MR) is 113 cm³/mol. The Labute approximate surface area is 174 Å². The summed E-state index contributed by atoms with van der Waals surface area (Å²) < 4.78 is 3.97. The molecule has 3 aromatic rings. The molecule has 0 aliphatic carbocycles. The van der Waals surface area contributed by atoms with E-state index in [1.54, 1.807) is 6.33 Å². The highest BCUT2D eigenvalue weighted by molar-refractivity contribution is 14.0. The third-order valence-electron chi connectivity index (χ3n) is 4.48. The van der Waals surface area contributed by atoms with Gasteiger partial charge in [-0.1, -0.05) is 6.07 Å². The zero-order valence-electron chi connectivity index (χ0n) is 15.2. The van der Waals surface area contributed by atoms with Crippen LogP contribution >= 0.6 is 24.0 Å². The summed E-state index contributed by atoms with van der Waals surface area (Å²) in [6, 6.07) is 6.20. The van der Waals surface area contributed by atoms with Crippen LogP contribution in [0.2, 0.25) is 0 Å². The molecular formula is C17H24IN9. The van der Waals surface area contributed by atoms with Crippen LogP contribution < -0.4 is 10.6 Å². The second-order valence-corrected chi connectivity index (χ2v) is 6.29. The van der Waals surface area contributed by atoms with Gasteiger partial charge in [-0.3, -0.25) is 9.39 Å². The Kier molecular flexibility index (Phi) is 6.58. The standard InChI is InChI=1S/C17H23N9.HI/c1-2-18-17(22-13-6-7-14-20-12-21-26(14)11-13)19-9-8-16-24-23-15-5-3-4-10-25(15)16;/h3-5,10,12-13H,2,6-9,11H2,1H3,(H2,18,19,22);1H. The smallest absolute Gasteiger partial charge is 0.191 e. The highest BCUT2D eigenvalue weighted by atomic mass is 127. The Hall–Kier alpha value is -2.24. The van der Waals surface area contributed by atoms with Gasteiger partial charge in [0.2, 0.25) is 0 Å². The quantitative estimate of drug-likeness (QED) is 0.321. The Morgan fingerprint density at radius 2 is 2.26 bits per heavy atom. The molecule has 0 aromatic carbocycles. The molecule has 0 radical (unpaired) electrons. The summed E-state index contributed by atoms with van der Waals surface area (Å²) in [5.74, 6) is 2.81. The Balaban J connectivity index is 0.00000210. The van der Waals surface area contributed by atoms with Crippen LogP contribution in [0.3, 0.4) is 0 Å². The van der Waals surface area contributed by atoms with E-state index in [1.165, 1.54) is 0 Å². The maximum atomic E-state index is 4.70. The second kappa shape index (κ2) is 9.11. The summed E-state index contributed by atoms with van der Waals surface area (Å²) in [4.78, 5) is 8.97. The first-order valence-corrected chi connectivity index (χ1v) is 9.03. The summed E-state index contributed by atoms with van der Waals surface area (Å²) >= 11 is 0. The molecule has 0 saturated carbocycles. The van der Waals surface area contributed by atoms with Crippen LogP contribution in [0.4, 0.5) is 0 Å².